The highest BCUT2D eigenvalue weighted by atomic mass is 15.2. The topological polar surface area (TPSA) is 18.5 Å². The van der Waals surface area contributed by atoms with Crippen LogP contribution in [0.25, 0.3) is 0 Å². The maximum atomic E-state index is 3.56. The van der Waals surface area contributed by atoms with Crippen LogP contribution in [0.15, 0.2) is 0 Å². The Labute approximate surface area is 114 Å². The Kier molecular flexibility index (Phi) is 6.61. The van der Waals surface area contributed by atoms with Crippen LogP contribution in [0.1, 0.15) is 47.0 Å². The van der Waals surface area contributed by atoms with Gasteiger partial charge in [0.1, 0.15) is 0 Å². The third kappa shape index (κ3) is 6.17. The van der Waals surface area contributed by atoms with E-state index in [1.807, 2.05) is 0 Å². The Balaban J connectivity index is 2.12. The number of hydrogen-bond donors (Lipinski definition) is 1. The Bertz CT molecular complexity index is 214. The van der Waals surface area contributed by atoms with E-state index in [4.69, 9.17) is 0 Å². The van der Waals surface area contributed by atoms with E-state index in [1.54, 1.807) is 0 Å². The Morgan fingerprint density at radius 1 is 1.22 bits per heavy atom. The SMILES string of the molecule is CCN1CCC(N(C)CCCNC(C)(C)C)CC1. The number of piperidine rings is 1. The summed E-state index contributed by atoms with van der Waals surface area (Å²) in [6.07, 6.45) is 3.94. The van der Waals surface area contributed by atoms with Crippen molar-refractivity contribution in [3.63, 3.8) is 0 Å². The number of nitrogens with zero attached hydrogens (tertiary/aromatic N) is 2. The Morgan fingerprint density at radius 2 is 1.83 bits per heavy atom. The summed E-state index contributed by atoms with van der Waals surface area (Å²) in [7, 11) is 2.30. The van der Waals surface area contributed by atoms with Crippen LogP contribution in [0.2, 0.25) is 0 Å². The molecule has 3 heteroatoms. The lowest BCUT2D eigenvalue weighted by atomic mass is 10.0. The van der Waals surface area contributed by atoms with Crippen molar-refractivity contribution in [2.45, 2.75) is 58.5 Å². The fourth-order valence-electron chi connectivity index (χ4n) is 2.65. The fourth-order valence-corrected chi connectivity index (χ4v) is 2.65. The van der Waals surface area contributed by atoms with E-state index >= 15 is 0 Å². The lowest BCUT2D eigenvalue weighted by Crippen LogP contribution is -2.44. The average molecular weight is 255 g/mol. The van der Waals surface area contributed by atoms with Crippen LogP contribution in [-0.2, 0) is 0 Å². The van der Waals surface area contributed by atoms with Gasteiger partial charge in [-0.15, -0.1) is 0 Å². The second-order valence-electron chi connectivity index (χ2n) is 6.68. The molecule has 3 nitrogen and oxygen atoms in total. The molecule has 1 aliphatic rings. The summed E-state index contributed by atoms with van der Waals surface area (Å²) in [5, 5.41) is 3.56. The second kappa shape index (κ2) is 7.46. The molecule has 0 saturated carbocycles. The number of likely N-dealkylation sites (tertiary alicyclic amines) is 1. The molecular formula is C15H33N3. The first kappa shape index (κ1) is 15.9. The van der Waals surface area contributed by atoms with Crippen molar-refractivity contribution in [3.05, 3.63) is 0 Å². The third-order valence-electron chi connectivity index (χ3n) is 3.97. The first-order valence-corrected chi connectivity index (χ1v) is 7.60. The highest BCUT2D eigenvalue weighted by Crippen LogP contribution is 2.15. The van der Waals surface area contributed by atoms with Gasteiger partial charge in [0.05, 0.1) is 0 Å². The maximum Gasteiger partial charge on any atom is 0.0117 e. The molecule has 1 aliphatic heterocycles. The molecule has 0 bridgehead atoms. The lowest BCUT2D eigenvalue weighted by Gasteiger charge is -2.36. The maximum absolute atomic E-state index is 3.56. The quantitative estimate of drug-likeness (QED) is 0.734. The molecule has 108 valence electrons. The molecule has 0 amide bonds. The summed E-state index contributed by atoms with van der Waals surface area (Å²) in [5.74, 6) is 0. The number of nitrogens with one attached hydrogen (secondary N) is 1. The molecule has 0 radical (unpaired) electrons. The summed E-state index contributed by atoms with van der Waals surface area (Å²) < 4.78 is 0. The van der Waals surface area contributed by atoms with Crippen molar-refractivity contribution in [3.8, 4) is 0 Å². The second-order valence-corrected chi connectivity index (χ2v) is 6.68. The first-order valence-electron chi connectivity index (χ1n) is 7.60. The van der Waals surface area contributed by atoms with Crippen LogP contribution < -0.4 is 5.32 Å². The van der Waals surface area contributed by atoms with Gasteiger partial charge in [-0.3, -0.25) is 0 Å². The molecular weight excluding hydrogens is 222 g/mol. The molecule has 18 heavy (non-hydrogen) atoms. The van der Waals surface area contributed by atoms with E-state index in [9.17, 15) is 0 Å². The molecule has 1 fully saturated rings. The van der Waals surface area contributed by atoms with Crippen molar-refractivity contribution < 1.29 is 0 Å². The molecule has 1 N–H and O–H groups in total. The van der Waals surface area contributed by atoms with Gasteiger partial charge < -0.3 is 15.1 Å². The Hall–Kier alpha value is -0.120. The van der Waals surface area contributed by atoms with Crippen LogP contribution in [0.5, 0.6) is 0 Å². The van der Waals surface area contributed by atoms with E-state index in [2.05, 4.69) is 49.9 Å². The van der Waals surface area contributed by atoms with Gasteiger partial charge in [-0.2, -0.15) is 0 Å². The number of rotatable bonds is 6. The minimum atomic E-state index is 0.255. The highest BCUT2D eigenvalue weighted by Gasteiger charge is 2.21. The van der Waals surface area contributed by atoms with E-state index in [0.29, 0.717) is 0 Å². The normalized spacial score (nSPS) is 19.7. The summed E-state index contributed by atoms with van der Waals surface area (Å²) in [6, 6.07) is 0.808. The molecule has 1 rings (SSSR count). The summed E-state index contributed by atoms with van der Waals surface area (Å²) >= 11 is 0. The van der Waals surface area contributed by atoms with E-state index in [0.717, 1.165) is 12.6 Å². The predicted molar refractivity (Wildman–Crippen MR) is 80.1 cm³/mol. The van der Waals surface area contributed by atoms with Crippen molar-refractivity contribution in [2.75, 3.05) is 39.8 Å². The van der Waals surface area contributed by atoms with E-state index in [1.165, 1.54) is 45.4 Å². The molecule has 1 saturated heterocycles. The van der Waals surface area contributed by atoms with Gasteiger partial charge in [0.15, 0.2) is 0 Å². The van der Waals surface area contributed by atoms with Crippen molar-refractivity contribution in [1.82, 2.24) is 15.1 Å². The van der Waals surface area contributed by atoms with Gasteiger partial charge in [0.25, 0.3) is 0 Å². The van der Waals surface area contributed by atoms with Gasteiger partial charge in [0, 0.05) is 11.6 Å². The molecule has 1 heterocycles. The van der Waals surface area contributed by atoms with Crippen molar-refractivity contribution in [2.24, 2.45) is 0 Å². The summed E-state index contributed by atoms with van der Waals surface area (Å²) in [6.45, 7) is 15.1. The molecule has 0 aromatic carbocycles. The van der Waals surface area contributed by atoms with Crippen LogP contribution in [0.3, 0.4) is 0 Å². The van der Waals surface area contributed by atoms with Gasteiger partial charge in [0.2, 0.25) is 0 Å². The summed E-state index contributed by atoms with van der Waals surface area (Å²) in [5.41, 5.74) is 0.255. The van der Waals surface area contributed by atoms with Crippen molar-refractivity contribution >= 4 is 0 Å². The average Bonchev–Trinajstić information content (AvgIpc) is 2.33. The van der Waals surface area contributed by atoms with E-state index < -0.39 is 0 Å². The molecule has 0 unspecified atom stereocenters. The van der Waals surface area contributed by atoms with Crippen LogP contribution in [0, 0.1) is 0 Å². The Morgan fingerprint density at radius 3 is 2.33 bits per heavy atom. The largest absolute Gasteiger partial charge is 0.312 e. The van der Waals surface area contributed by atoms with Gasteiger partial charge in [-0.25, -0.2) is 0 Å². The van der Waals surface area contributed by atoms with Gasteiger partial charge in [-0.05, 0) is 79.8 Å². The zero-order valence-electron chi connectivity index (χ0n) is 13.1. The fraction of sp³-hybridized carbons (Fsp3) is 1.00. The van der Waals surface area contributed by atoms with Crippen LogP contribution >= 0.6 is 0 Å². The first-order chi connectivity index (χ1) is 8.42. The smallest absolute Gasteiger partial charge is 0.0117 e. The van der Waals surface area contributed by atoms with Gasteiger partial charge >= 0.3 is 0 Å². The molecule has 0 spiro atoms. The monoisotopic (exact) mass is 255 g/mol. The van der Waals surface area contributed by atoms with E-state index in [-0.39, 0.29) is 5.54 Å². The van der Waals surface area contributed by atoms with Crippen LogP contribution in [0.4, 0.5) is 0 Å². The highest BCUT2D eigenvalue weighted by molar-refractivity contribution is 4.78. The standard InChI is InChI=1S/C15H33N3/c1-6-18-12-8-14(9-13-18)17(5)11-7-10-16-15(2,3)4/h14,16H,6-13H2,1-5H3. The lowest BCUT2D eigenvalue weighted by molar-refractivity contribution is 0.130. The molecule has 0 aromatic rings. The minimum Gasteiger partial charge on any atom is -0.312 e. The molecule has 0 aromatic heterocycles. The minimum absolute atomic E-state index is 0.255. The van der Waals surface area contributed by atoms with Crippen LogP contribution in [-0.4, -0.2) is 61.2 Å². The predicted octanol–water partition coefficient (Wildman–Crippen LogP) is 2.18. The molecule has 0 atom stereocenters. The number of hydrogen-bond acceptors (Lipinski definition) is 3. The van der Waals surface area contributed by atoms with Crippen molar-refractivity contribution in [1.29, 1.82) is 0 Å². The third-order valence-corrected chi connectivity index (χ3v) is 3.97. The summed E-state index contributed by atoms with van der Waals surface area (Å²) in [4.78, 5) is 5.13. The zero-order chi connectivity index (χ0) is 13.6. The van der Waals surface area contributed by atoms with Gasteiger partial charge in [-0.1, -0.05) is 6.92 Å². The molecule has 0 aliphatic carbocycles. The zero-order valence-corrected chi connectivity index (χ0v) is 13.1.